The van der Waals surface area contributed by atoms with E-state index in [1.54, 1.807) is 0 Å². The van der Waals surface area contributed by atoms with E-state index in [4.69, 9.17) is 4.42 Å². The second-order valence-corrected chi connectivity index (χ2v) is 4.64. The van der Waals surface area contributed by atoms with E-state index in [0.717, 1.165) is 21.9 Å². The molecule has 0 amide bonds. The van der Waals surface area contributed by atoms with Gasteiger partial charge in [0.15, 0.2) is 4.67 Å². The number of anilines is 2. The molecule has 2 aromatic heterocycles. The molecule has 0 fully saturated rings. The molecule has 0 saturated heterocycles. The van der Waals surface area contributed by atoms with E-state index in [1.165, 1.54) is 0 Å². The lowest BCUT2D eigenvalue weighted by Crippen LogP contribution is -2.10. The van der Waals surface area contributed by atoms with Gasteiger partial charge < -0.3 is 14.6 Å². The van der Waals surface area contributed by atoms with Crippen molar-refractivity contribution < 1.29 is 4.42 Å². The summed E-state index contributed by atoms with van der Waals surface area (Å²) in [4.78, 5) is 6.28. The van der Waals surface area contributed by atoms with E-state index in [1.807, 2.05) is 49.5 Å². The Morgan fingerprint density at radius 3 is 2.65 bits per heavy atom. The van der Waals surface area contributed by atoms with Crippen molar-refractivity contribution in [1.29, 1.82) is 0 Å². The van der Waals surface area contributed by atoms with Gasteiger partial charge in [-0.1, -0.05) is 0 Å². The van der Waals surface area contributed by atoms with E-state index in [9.17, 15) is 0 Å². The van der Waals surface area contributed by atoms with Crippen LogP contribution in [0.5, 0.6) is 0 Å². The fourth-order valence-electron chi connectivity index (χ4n) is 1.39. The number of pyridine rings is 1. The number of rotatable bonds is 4. The maximum atomic E-state index is 5.39. The molecule has 0 aliphatic carbocycles. The van der Waals surface area contributed by atoms with Crippen LogP contribution in [0.4, 0.5) is 11.5 Å². The van der Waals surface area contributed by atoms with Crippen LogP contribution in [0.15, 0.2) is 39.5 Å². The molecule has 0 aromatic carbocycles. The summed E-state index contributed by atoms with van der Waals surface area (Å²) in [5, 5.41) is 3.24. The standard InChI is InChI=1S/C12H14BrN3O/c1-16(2)12-6-3-9(7-15-12)14-8-10-4-5-11(13)17-10/h3-7,14H,8H2,1-2H3. The quantitative estimate of drug-likeness (QED) is 0.941. The Hall–Kier alpha value is -1.49. The van der Waals surface area contributed by atoms with Crippen LogP contribution in [0.2, 0.25) is 0 Å². The molecule has 0 spiro atoms. The highest BCUT2D eigenvalue weighted by molar-refractivity contribution is 9.10. The minimum absolute atomic E-state index is 0.647. The molecule has 0 atom stereocenters. The van der Waals surface area contributed by atoms with Crippen molar-refractivity contribution in [2.24, 2.45) is 0 Å². The number of nitrogens with one attached hydrogen (secondary N) is 1. The van der Waals surface area contributed by atoms with Crippen LogP contribution >= 0.6 is 15.9 Å². The van der Waals surface area contributed by atoms with Gasteiger partial charge in [-0.2, -0.15) is 0 Å². The van der Waals surface area contributed by atoms with Crippen LogP contribution in [0.25, 0.3) is 0 Å². The van der Waals surface area contributed by atoms with Crippen molar-refractivity contribution in [3.63, 3.8) is 0 Å². The van der Waals surface area contributed by atoms with Crippen molar-refractivity contribution in [2.75, 3.05) is 24.3 Å². The zero-order chi connectivity index (χ0) is 12.3. The first kappa shape index (κ1) is 12.0. The number of furan rings is 1. The second-order valence-electron chi connectivity index (χ2n) is 3.86. The van der Waals surface area contributed by atoms with E-state index in [0.29, 0.717) is 6.54 Å². The molecule has 0 radical (unpaired) electrons. The van der Waals surface area contributed by atoms with Gasteiger partial charge in [0.05, 0.1) is 18.4 Å². The number of halogens is 1. The summed E-state index contributed by atoms with van der Waals surface area (Å²) in [6.07, 6.45) is 1.81. The monoisotopic (exact) mass is 295 g/mol. The maximum Gasteiger partial charge on any atom is 0.169 e. The molecule has 0 bridgehead atoms. The smallest absolute Gasteiger partial charge is 0.169 e. The number of nitrogens with zero attached hydrogens (tertiary/aromatic N) is 2. The first-order valence-electron chi connectivity index (χ1n) is 5.26. The van der Waals surface area contributed by atoms with Crippen LogP contribution in [0, 0.1) is 0 Å². The molecule has 4 nitrogen and oxygen atoms in total. The van der Waals surface area contributed by atoms with Crippen LogP contribution in [0.3, 0.4) is 0 Å². The summed E-state index contributed by atoms with van der Waals surface area (Å²) in [6, 6.07) is 7.78. The molecule has 0 aliphatic heterocycles. The molecule has 5 heteroatoms. The highest BCUT2D eigenvalue weighted by atomic mass is 79.9. The lowest BCUT2D eigenvalue weighted by atomic mass is 10.3. The van der Waals surface area contributed by atoms with Gasteiger partial charge in [0, 0.05) is 14.1 Å². The third kappa shape index (κ3) is 3.23. The first-order chi connectivity index (χ1) is 8.15. The molecular weight excluding hydrogens is 282 g/mol. The van der Waals surface area contributed by atoms with Crippen molar-refractivity contribution in [3.8, 4) is 0 Å². The van der Waals surface area contributed by atoms with E-state index in [2.05, 4.69) is 26.2 Å². The van der Waals surface area contributed by atoms with Gasteiger partial charge in [-0.25, -0.2) is 4.98 Å². The Bertz CT molecular complexity index is 479. The van der Waals surface area contributed by atoms with Gasteiger partial charge in [-0.15, -0.1) is 0 Å². The lowest BCUT2D eigenvalue weighted by molar-refractivity contribution is 0.495. The lowest BCUT2D eigenvalue weighted by Gasteiger charge is -2.11. The minimum Gasteiger partial charge on any atom is -0.452 e. The summed E-state index contributed by atoms with van der Waals surface area (Å²) < 4.78 is 6.14. The van der Waals surface area contributed by atoms with Gasteiger partial charge in [-0.05, 0) is 40.2 Å². The molecular formula is C12H14BrN3O. The highest BCUT2D eigenvalue weighted by Gasteiger charge is 2.00. The van der Waals surface area contributed by atoms with Gasteiger partial charge >= 0.3 is 0 Å². The maximum absolute atomic E-state index is 5.39. The zero-order valence-electron chi connectivity index (χ0n) is 9.77. The molecule has 0 aliphatic rings. The SMILES string of the molecule is CN(C)c1ccc(NCc2ccc(Br)o2)cn1. The predicted octanol–water partition coefficient (Wildman–Crippen LogP) is 3.12. The van der Waals surface area contributed by atoms with Crippen molar-refractivity contribution in [2.45, 2.75) is 6.54 Å². The Morgan fingerprint density at radius 1 is 1.29 bits per heavy atom. The van der Waals surface area contributed by atoms with Gasteiger partial charge in [-0.3, -0.25) is 0 Å². The Labute approximate surface area is 109 Å². The van der Waals surface area contributed by atoms with Gasteiger partial charge in [0.1, 0.15) is 11.6 Å². The van der Waals surface area contributed by atoms with Crippen molar-refractivity contribution >= 4 is 27.4 Å². The second kappa shape index (κ2) is 5.23. The number of hydrogen-bond donors (Lipinski definition) is 1. The molecule has 2 aromatic rings. The summed E-state index contributed by atoms with van der Waals surface area (Å²) >= 11 is 3.27. The molecule has 2 heterocycles. The molecule has 90 valence electrons. The average Bonchev–Trinajstić information content (AvgIpc) is 2.73. The van der Waals surface area contributed by atoms with Gasteiger partial charge in [0.2, 0.25) is 0 Å². The summed E-state index contributed by atoms with van der Waals surface area (Å²) in [7, 11) is 3.94. The third-order valence-electron chi connectivity index (χ3n) is 2.30. The fourth-order valence-corrected chi connectivity index (χ4v) is 1.73. The Balaban J connectivity index is 1.95. The molecule has 1 N–H and O–H groups in total. The van der Waals surface area contributed by atoms with Crippen LogP contribution < -0.4 is 10.2 Å². The molecule has 0 saturated carbocycles. The summed E-state index contributed by atoms with van der Waals surface area (Å²) in [5.41, 5.74) is 0.975. The van der Waals surface area contributed by atoms with Gasteiger partial charge in [0.25, 0.3) is 0 Å². The first-order valence-corrected chi connectivity index (χ1v) is 6.06. The average molecular weight is 296 g/mol. The molecule has 2 rings (SSSR count). The van der Waals surface area contributed by atoms with E-state index >= 15 is 0 Å². The summed E-state index contributed by atoms with van der Waals surface area (Å²) in [6.45, 7) is 0.647. The Kier molecular flexibility index (Phi) is 3.68. The van der Waals surface area contributed by atoms with Crippen LogP contribution in [-0.4, -0.2) is 19.1 Å². The van der Waals surface area contributed by atoms with E-state index < -0.39 is 0 Å². The summed E-state index contributed by atoms with van der Waals surface area (Å²) in [5.74, 6) is 1.82. The topological polar surface area (TPSA) is 41.3 Å². The highest BCUT2D eigenvalue weighted by Crippen LogP contribution is 2.16. The van der Waals surface area contributed by atoms with Crippen LogP contribution in [0.1, 0.15) is 5.76 Å². The van der Waals surface area contributed by atoms with E-state index in [-0.39, 0.29) is 0 Å². The number of hydrogen-bond acceptors (Lipinski definition) is 4. The number of aromatic nitrogens is 1. The predicted molar refractivity (Wildman–Crippen MR) is 72.3 cm³/mol. The van der Waals surface area contributed by atoms with Crippen molar-refractivity contribution in [3.05, 3.63) is 40.9 Å². The minimum atomic E-state index is 0.647. The normalized spacial score (nSPS) is 10.3. The molecule has 0 unspecified atom stereocenters. The Morgan fingerprint density at radius 2 is 2.12 bits per heavy atom. The third-order valence-corrected chi connectivity index (χ3v) is 2.73. The zero-order valence-corrected chi connectivity index (χ0v) is 11.4. The van der Waals surface area contributed by atoms with Crippen LogP contribution in [-0.2, 0) is 6.54 Å². The fraction of sp³-hybridized carbons (Fsp3) is 0.250. The molecule has 17 heavy (non-hydrogen) atoms. The largest absolute Gasteiger partial charge is 0.452 e. The van der Waals surface area contributed by atoms with Crippen molar-refractivity contribution in [1.82, 2.24) is 4.98 Å².